The predicted octanol–water partition coefficient (Wildman–Crippen LogP) is 0.765. The summed E-state index contributed by atoms with van der Waals surface area (Å²) in [5, 5.41) is 0. The van der Waals surface area contributed by atoms with Crippen molar-refractivity contribution >= 4 is 21.7 Å². The van der Waals surface area contributed by atoms with E-state index in [-0.39, 0.29) is 16.4 Å². The average molecular weight is 297 g/mol. The number of hydrogen-bond donors (Lipinski definition) is 2. The smallest absolute Gasteiger partial charge is 0.280 e. The van der Waals surface area contributed by atoms with Gasteiger partial charge in [0, 0.05) is 11.8 Å². The van der Waals surface area contributed by atoms with Crippen molar-refractivity contribution in [2.24, 2.45) is 16.5 Å². The molecule has 1 aromatic carbocycles. The van der Waals surface area contributed by atoms with Gasteiger partial charge in [-0.3, -0.25) is 4.79 Å². The molecule has 110 valence electrons. The molecule has 0 fully saturated rings. The van der Waals surface area contributed by atoms with Gasteiger partial charge in [-0.1, -0.05) is 19.4 Å². The van der Waals surface area contributed by atoms with E-state index in [0.717, 1.165) is 12.7 Å². The maximum absolute atomic E-state index is 11.9. The van der Waals surface area contributed by atoms with Crippen LogP contribution in [0.25, 0.3) is 0 Å². The lowest BCUT2D eigenvalue weighted by Gasteiger charge is -2.13. The van der Waals surface area contributed by atoms with Gasteiger partial charge in [-0.25, -0.2) is 8.42 Å². The molecular formula is C13H19N3O3S. The summed E-state index contributed by atoms with van der Waals surface area (Å²) < 4.78 is 23.9. The zero-order valence-electron chi connectivity index (χ0n) is 11.8. The summed E-state index contributed by atoms with van der Waals surface area (Å²) in [7, 11) is -3.43. The highest BCUT2D eigenvalue weighted by Gasteiger charge is 2.21. The molecule has 0 atom stereocenters. The van der Waals surface area contributed by atoms with E-state index >= 15 is 0 Å². The van der Waals surface area contributed by atoms with Crippen LogP contribution in [0.15, 0.2) is 22.0 Å². The summed E-state index contributed by atoms with van der Waals surface area (Å²) in [4.78, 5) is 15.5. The zero-order chi connectivity index (χ0) is 15.5. The van der Waals surface area contributed by atoms with Gasteiger partial charge in [0.25, 0.3) is 5.91 Å². The van der Waals surface area contributed by atoms with Crippen molar-refractivity contribution < 1.29 is 13.2 Å². The predicted molar refractivity (Wildman–Crippen MR) is 78.4 cm³/mol. The van der Waals surface area contributed by atoms with Crippen molar-refractivity contribution in [2.45, 2.75) is 31.6 Å². The first-order valence-electron chi connectivity index (χ1n) is 6.15. The summed E-state index contributed by atoms with van der Waals surface area (Å²) in [5.74, 6) is -0.997. The second kappa shape index (κ2) is 6.04. The number of nitrogens with zero attached hydrogens (tertiary/aromatic N) is 1. The Hall–Kier alpha value is -1.89. The summed E-state index contributed by atoms with van der Waals surface area (Å²) in [6.45, 7) is 3.55. The number of nitrogens with two attached hydrogens (primary N) is 2. The zero-order valence-corrected chi connectivity index (χ0v) is 12.6. The molecule has 1 aromatic rings. The average Bonchev–Trinajstić information content (AvgIpc) is 2.26. The molecule has 0 spiro atoms. The van der Waals surface area contributed by atoms with Crippen LogP contribution in [-0.4, -0.2) is 26.5 Å². The van der Waals surface area contributed by atoms with Gasteiger partial charge in [-0.05, 0) is 30.5 Å². The van der Waals surface area contributed by atoms with E-state index in [1.54, 1.807) is 19.1 Å². The summed E-state index contributed by atoms with van der Waals surface area (Å²) in [6.07, 6.45) is 2.56. The molecule has 0 aromatic heterocycles. The van der Waals surface area contributed by atoms with E-state index in [1.807, 2.05) is 6.92 Å². The fourth-order valence-electron chi connectivity index (χ4n) is 2.14. The highest BCUT2D eigenvalue weighted by atomic mass is 32.2. The lowest BCUT2D eigenvalue weighted by molar-refractivity contribution is 0.100. The Labute approximate surface area is 118 Å². The molecule has 0 unspecified atom stereocenters. The molecule has 4 N–H and O–H groups in total. The largest absolute Gasteiger partial charge is 0.370 e. The highest BCUT2D eigenvalue weighted by Crippen LogP contribution is 2.25. The van der Waals surface area contributed by atoms with Crippen LogP contribution in [0.1, 0.15) is 34.8 Å². The van der Waals surface area contributed by atoms with Crippen LogP contribution in [0.5, 0.6) is 0 Å². The van der Waals surface area contributed by atoms with Crippen LogP contribution in [0.4, 0.5) is 0 Å². The Morgan fingerprint density at radius 3 is 2.35 bits per heavy atom. The minimum absolute atomic E-state index is 0.191. The van der Waals surface area contributed by atoms with Crippen molar-refractivity contribution in [3.63, 3.8) is 0 Å². The summed E-state index contributed by atoms with van der Waals surface area (Å²) in [5.41, 5.74) is 11.6. The number of amides is 1. The third-order valence-corrected chi connectivity index (χ3v) is 4.15. The number of sulfone groups is 1. The monoisotopic (exact) mass is 297 g/mol. The molecular weight excluding hydrogens is 278 g/mol. The number of hydrogen-bond acceptors (Lipinski definition) is 3. The molecule has 20 heavy (non-hydrogen) atoms. The third kappa shape index (κ3) is 3.57. The van der Waals surface area contributed by atoms with Gasteiger partial charge in [0.05, 0.1) is 4.90 Å². The van der Waals surface area contributed by atoms with Crippen molar-refractivity contribution in [3.8, 4) is 0 Å². The van der Waals surface area contributed by atoms with Crippen molar-refractivity contribution in [1.29, 1.82) is 0 Å². The number of rotatable bonds is 4. The molecule has 1 rings (SSSR count). The number of carbonyl (C=O) groups is 1. The molecule has 7 heteroatoms. The van der Waals surface area contributed by atoms with Gasteiger partial charge in [0.15, 0.2) is 15.8 Å². The van der Waals surface area contributed by atoms with Crippen LogP contribution >= 0.6 is 0 Å². The lowest BCUT2D eigenvalue weighted by atomic mass is 10.0. The molecule has 0 aliphatic rings. The minimum atomic E-state index is -3.43. The second-order valence-electron chi connectivity index (χ2n) is 4.59. The van der Waals surface area contributed by atoms with E-state index in [1.165, 1.54) is 0 Å². The number of aryl methyl sites for hydroxylation is 1. The first kappa shape index (κ1) is 16.2. The summed E-state index contributed by atoms with van der Waals surface area (Å²) in [6, 6.07) is 3.20. The normalized spacial score (nSPS) is 11.2. The number of benzene rings is 1. The fraction of sp³-hybridized carbons (Fsp3) is 0.385. The lowest BCUT2D eigenvalue weighted by Crippen LogP contribution is -2.24. The maximum atomic E-state index is 11.9. The van der Waals surface area contributed by atoms with Crippen LogP contribution in [0.3, 0.4) is 0 Å². The standard InChI is InChI=1S/C13H19N3O3S/c1-4-5-9-6-7-10(12(17)16-13(14)15)8(2)11(9)20(3,18)19/h6-7H,4-5H2,1-3H3,(H4,14,15,16,17). The first-order valence-corrected chi connectivity index (χ1v) is 8.04. The molecule has 0 saturated heterocycles. The van der Waals surface area contributed by atoms with Crippen LogP contribution in [-0.2, 0) is 16.3 Å². The van der Waals surface area contributed by atoms with Crippen molar-refractivity contribution in [3.05, 3.63) is 28.8 Å². The van der Waals surface area contributed by atoms with Gasteiger partial charge < -0.3 is 11.5 Å². The Balaban J connectivity index is 3.55. The van der Waals surface area contributed by atoms with Crippen LogP contribution < -0.4 is 11.5 Å². The fourth-order valence-corrected chi connectivity index (χ4v) is 3.45. The molecule has 6 nitrogen and oxygen atoms in total. The molecule has 0 heterocycles. The maximum Gasteiger partial charge on any atom is 0.280 e. The number of aliphatic imine (C=N–C) groups is 1. The van der Waals surface area contributed by atoms with Crippen molar-refractivity contribution in [1.82, 2.24) is 0 Å². The van der Waals surface area contributed by atoms with E-state index < -0.39 is 15.7 Å². The van der Waals surface area contributed by atoms with E-state index in [4.69, 9.17) is 11.5 Å². The number of guanidine groups is 1. The van der Waals surface area contributed by atoms with Gasteiger partial charge in [0.2, 0.25) is 0 Å². The minimum Gasteiger partial charge on any atom is -0.370 e. The third-order valence-electron chi connectivity index (χ3n) is 2.84. The Kier molecular flexibility index (Phi) is 4.88. The Morgan fingerprint density at radius 2 is 1.90 bits per heavy atom. The molecule has 0 aliphatic carbocycles. The molecule has 0 aliphatic heterocycles. The van der Waals surface area contributed by atoms with Crippen molar-refractivity contribution in [2.75, 3.05) is 6.26 Å². The Bertz CT molecular complexity index is 660. The molecule has 0 bridgehead atoms. The van der Waals surface area contributed by atoms with E-state index in [0.29, 0.717) is 17.5 Å². The van der Waals surface area contributed by atoms with Gasteiger partial charge in [-0.15, -0.1) is 0 Å². The molecule has 0 saturated carbocycles. The summed E-state index contributed by atoms with van der Waals surface area (Å²) >= 11 is 0. The highest BCUT2D eigenvalue weighted by molar-refractivity contribution is 7.90. The van der Waals surface area contributed by atoms with Gasteiger partial charge in [0.1, 0.15) is 0 Å². The Morgan fingerprint density at radius 1 is 1.30 bits per heavy atom. The first-order chi connectivity index (χ1) is 9.18. The van der Waals surface area contributed by atoms with Gasteiger partial charge >= 0.3 is 0 Å². The van der Waals surface area contributed by atoms with Crippen LogP contribution in [0.2, 0.25) is 0 Å². The molecule has 0 radical (unpaired) electrons. The van der Waals surface area contributed by atoms with E-state index in [9.17, 15) is 13.2 Å². The second-order valence-corrected chi connectivity index (χ2v) is 6.54. The molecule has 1 amide bonds. The quantitative estimate of drug-likeness (QED) is 0.629. The van der Waals surface area contributed by atoms with Crippen LogP contribution in [0, 0.1) is 6.92 Å². The SMILES string of the molecule is CCCc1ccc(C(=O)N=C(N)N)c(C)c1S(C)(=O)=O. The topological polar surface area (TPSA) is 116 Å². The van der Waals surface area contributed by atoms with Gasteiger partial charge in [-0.2, -0.15) is 4.99 Å². The number of carbonyl (C=O) groups excluding carboxylic acids is 1. The van der Waals surface area contributed by atoms with E-state index in [2.05, 4.69) is 4.99 Å².